The number of hydrogen-bond acceptors (Lipinski definition) is 2. The predicted molar refractivity (Wildman–Crippen MR) is 95.0 cm³/mol. The van der Waals surface area contributed by atoms with E-state index in [4.69, 9.17) is 11.6 Å². The second kappa shape index (κ2) is 6.17. The number of nitrogens with zero attached hydrogens (tertiary/aromatic N) is 2. The van der Waals surface area contributed by atoms with E-state index in [2.05, 4.69) is 16.8 Å². The summed E-state index contributed by atoms with van der Waals surface area (Å²) in [5.74, 6) is -0.386. The second-order valence-corrected chi connectivity index (χ2v) is 6.12. The lowest BCUT2D eigenvalue weighted by atomic mass is 10.2. The number of aromatic nitrogens is 1. The van der Waals surface area contributed by atoms with Crippen LogP contribution in [0.4, 0.5) is 10.5 Å². The molecule has 0 radical (unpaired) electrons. The van der Waals surface area contributed by atoms with Crippen LogP contribution in [0.25, 0.3) is 6.08 Å². The van der Waals surface area contributed by atoms with Crippen LogP contribution in [0, 0.1) is 13.8 Å². The van der Waals surface area contributed by atoms with Gasteiger partial charge < -0.3 is 9.88 Å². The summed E-state index contributed by atoms with van der Waals surface area (Å²) in [6.45, 7) is 6.95. The number of imide groups is 1. The quantitative estimate of drug-likeness (QED) is 0.679. The highest BCUT2D eigenvalue weighted by molar-refractivity contribution is 6.32. The van der Waals surface area contributed by atoms with E-state index >= 15 is 0 Å². The van der Waals surface area contributed by atoms with E-state index in [1.54, 1.807) is 30.3 Å². The third-order valence-corrected chi connectivity index (χ3v) is 4.41. The normalized spacial score (nSPS) is 16.2. The smallest absolute Gasteiger partial charge is 0.333 e. The van der Waals surface area contributed by atoms with Crippen LogP contribution in [0.1, 0.15) is 23.9 Å². The van der Waals surface area contributed by atoms with Gasteiger partial charge in [0.05, 0.1) is 5.69 Å². The Morgan fingerprint density at radius 1 is 1.21 bits per heavy atom. The molecule has 1 N–H and O–H groups in total. The molecule has 1 aromatic heterocycles. The van der Waals surface area contributed by atoms with Gasteiger partial charge in [-0.1, -0.05) is 17.7 Å². The summed E-state index contributed by atoms with van der Waals surface area (Å²) in [7, 11) is 0. The monoisotopic (exact) mass is 343 g/mol. The Labute approximate surface area is 145 Å². The fraction of sp³-hybridized carbons (Fsp3) is 0.222. The molecule has 0 atom stereocenters. The van der Waals surface area contributed by atoms with Crippen molar-refractivity contribution in [1.82, 2.24) is 9.88 Å². The first-order valence-corrected chi connectivity index (χ1v) is 8.09. The van der Waals surface area contributed by atoms with Crippen molar-refractivity contribution in [2.24, 2.45) is 0 Å². The Hall–Kier alpha value is -2.53. The maximum atomic E-state index is 12.6. The highest BCUT2D eigenvalue weighted by atomic mass is 35.5. The molecule has 5 nitrogen and oxygen atoms in total. The first kappa shape index (κ1) is 16.3. The molecule has 24 heavy (non-hydrogen) atoms. The molecule has 1 aliphatic heterocycles. The molecule has 0 aliphatic carbocycles. The lowest BCUT2D eigenvalue weighted by Crippen LogP contribution is -2.30. The topological polar surface area (TPSA) is 54.3 Å². The van der Waals surface area contributed by atoms with Crippen LogP contribution >= 0.6 is 11.6 Å². The number of halogens is 1. The van der Waals surface area contributed by atoms with Crippen molar-refractivity contribution in [1.29, 1.82) is 0 Å². The molecular weight excluding hydrogens is 326 g/mol. The van der Waals surface area contributed by atoms with Crippen LogP contribution in [0.3, 0.4) is 0 Å². The maximum absolute atomic E-state index is 12.6. The number of carbonyl (C=O) groups is 2. The third kappa shape index (κ3) is 2.71. The van der Waals surface area contributed by atoms with Crippen LogP contribution in [-0.4, -0.2) is 16.5 Å². The number of nitrogens with one attached hydrogen (secondary N) is 1. The van der Waals surface area contributed by atoms with Crippen LogP contribution in [-0.2, 0) is 11.3 Å². The first-order valence-electron chi connectivity index (χ1n) is 7.71. The number of amides is 3. The lowest BCUT2D eigenvalue weighted by molar-refractivity contribution is -0.113. The van der Waals surface area contributed by atoms with E-state index in [9.17, 15) is 9.59 Å². The van der Waals surface area contributed by atoms with Crippen LogP contribution in [0.5, 0.6) is 0 Å². The summed E-state index contributed by atoms with van der Waals surface area (Å²) < 4.78 is 2.16. The second-order valence-electron chi connectivity index (χ2n) is 5.68. The molecule has 1 aromatic carbocycles. The van der Waals surface area contributed by atoms with Crippen LogP contribution in [0.2, 0.25) is 5.02 Å². The molecule has 124 valence electrons. The highest BCUT2D eigenvalue weighted by Gasteiger charge is 2.35. The van der Waals surface area contributed by atoms with Crippen molar-refractivity contribution in [2.75, 3.05) is 4.90 Å². The molecule has 0 bridgehead atoms. The maximum Gasteiger partial charge on any atom is 0.333 e. The fourth-order valence-electron chi connectivity index (χ4n) is 3.00. The molecule has 1 aliphatic rings. The highest BCUT2D eigenvalue weighted by Crippen LogP contribution is 2.26. The van der Waals surface area contributed by atoms with Crippen molar-refractivity contribution in [3.63, 3.8) is 0 Å². The summed E-state index contributed by atoms with van der Waals surface area (Å²) in [4.78, 5) is 25.9. The minimum atomic E-state index is -0.474. The summed E-state index contributed by atoms with van der Waals surface area (Å²) >= 11 is 5.95. The average Bonchev–Trinajstić information content (AvgIpc) is 2.95. The van der Waals surface area contributed by atoms with Gasteiger partial charge in [0.1, 0.15) is 5.70 Å². The molecular formula is C18H18ClN3O2. The van der Waals surface area contributed by atoms with Gasteiger partial charge in [-0.05, 0) is 56.7 Å². The predicted octanol–water partition coefficient (Wildman–Crippen LogP) is 3.88. The number of rotatable bonds is 3. The largest absolute Gasteiger partial charge is 0.349 e. The van der Waals surface area contributed by atoms with E-state index < -0.39 is 6.03 Å². The molecule has 0 saturated carbocycles. The van der Waals surface area contributed by atoms with E-state index in [-0.39, 0.29) is 11.6 Å². The SMILES string of the molecule is CCn1c(C)cc(C=C2NC(=O)N(c3cccc(Cl)c3)C2=O)c1C. The molecule has 3 amide bonds. The Bertz CT molecular complexity index is 867. The van der Waals surface area contributed by atoms with Gasteiger partial charge in [-0.3, -0.25) is 4.79 Å². The number of anilines is 1. The van der Waals surface area contributed by atoms with Gasteiger partial charge in [0.2, 0.25) is 0 Å². The van der Waals surface area contributed by atoms with Crippen molar-refractivity contribution in [3.8, 4) is 0 Å². The van der Waals surface area contributed by atoms with Gasteiger partial charge in [0.15, 0.2) is 0 Å². The van der Waals surface area contributed by atoms with Gasteiger partial charge >= 0.3 is 6.03 Å². The van der Waals surface area contributed by atoms with Crippen LogP contribution < -0.4 is 10.2 Å². The molecule has 3 rings (SSSR count). The van der Waals surface area contributed by atoms with Crippen LogP contribution in [0.15, 0.2) is 36.0 Å². The number of hydrogen-bond donors (Lipinski definition) is 1. The number of carbonyl (C=O) groups excluding carboxylic acids is 2. The summed E-state index contributed by atoms with van der Waals surface area (Å²) in [6, 6.07) is 8.19. The Morgan fingerprint density at radius 3 is 2.58 bits per heavy atom. The minimum Gasteiger partial charge on any atom is -0.349 e. The van der Waals surface area contributed by atoms with E-state index in [1.165, 1.54) is 0 Å². The lowest BCUT2D eigenvalue weighted by Gasteiger charge is -2.11. The molecule has 1 fully saturated rings. The number of urea groups is 1. The summed E-state index contributed by atoms with van der Waals surface area (Å²) in [5, 5.41) is 3.11. The molecule has 6 heteroatoms. The minimum absolute atomic E-state index is 0.260. The number of benzene rings is 1. The Balaban J connectivity index is 1.97. The first-order chi connectivity index (χ1) is 11.4. The third-order valence-electron chi connectivity index (χ3n) is 4.17. The van der Waals surface area contributed by atoms with Crippen molar-refractivity contribution >= 4 is 35.3 Å². The molecule has 0 unspecified atom stereocenters. The zero-order valence-electron chi connectivity index (χ0n) is 13.8. The zero-order valence-corrected chi connectivity index (χ0v) is 14.5. The van der Waals surface area contributed by atoms with Crippen molar-refractivity contribution in [3.05, 3.63) is 58.0 Å². The van der Waals surface area contributed by atoms with Gasteiger partial charge in [0.25, 0.3) is 5.91 Å². The summed E-state index contributed by atoms with van der Waals surface area (Å²) in [5.41, 5.74) is 3.81. The zero-order chi connectivity index (χ0) is 17.4. The summed E-state index contributed by atoms with van der Waals surface area (Å²) in [6.07, 6.45) is 1.72. The molecule has 1 saturated heterocycles. The fourth-order valence-corrected chi connectivity index (χ4v) is 3.19. The Kier molecular flexibility index (Phi) is 4.20. The van der Waals surface area contributed by atoms with Gasteiger partial charge in [-0.2, -0.15) is 0 Å². The standard InChI is InChI=1S/C18H18ClN3O2/c1-4-21-11(2)8-13(12(21)3)9-16-17(23)22(18(24)20-16)15-7-5-6-14(19)10-15/h5-10H,4H2,1-3H3,(H,20,24). The van der Waals surface area contributed by atoms with E-state index in [1.807, 2.05) is 19.9 Å². The van der Waals surface area contributed by atoms with Crippen molar-refractivity contribution in [2.45, 2.75) is 27.3 Å². The Morgan fingerprint density at radius 2 is 1.96 bits per heavy atom. The number of aryl methyl sites for hydroxylation is 1. The van der Waals surface area contributed by atoms with Gasteiger partial charge in [-0.15, -0.1) is 0 Å². The van der Waals surface area contributed by atoms with Gasteiger partial charge in [0, 0.05) is 23.0 Å². The van der Waals surface area contributed by atoms with Gasteiger partial charge in [-0.25, -0.2) is 9.69 Å². The molecule has 0 spiro atoms. The molecule has 2 aromatic rings. The average molecular weight is 344 g/mol. The van der Waals surface area contributed by atoms with E-state index in [0.717, 1.165) is 28.4 Å². The van der Waals surface area contributed by atoms with Crippen molar-refractivity contribution < 1.29 is 9.59 Å². The molecule has 2 heterocycles. The van der Waals surface area contributed by atoms with E-state index in [0.29, 0.717) is 10.7 Å².